The number of anilines is 2. The van der Waals surface area contributed by atoms with Crippen LogP contribution in [0.1, 0.15) is 39.0 Å². The summed E-state index contributed by atoms with van der Waals surface area (Å²) in [6.07, 6.45) is 8.70. The molecule has 3 heteroatoms. The Morgan fingerprint density at radius 1 is 1.32 bits per heavy atom. The number of rotatable bonds is 6. The number of nitrogens with two attached hydrogens (primary N) is 1. The SMILES string of the molecule is CCOc1cccc(NCCC2=CCCCC2)c1N. The zero-order chi connectivity index (χ0) is 13.5. The molecular formula is C16H24N2O. The molecule has 104 valence electrons. The van der Waals surface area contributed by atoms with Gasteiger partial charge in [0, 0.05) is 6.54 Å². The van der Waals surface area contributed by atoms with Gasteiger partial charge in [-0.2, -0.15) is 0 Å². The van der Waals surface area contributed by atoms with Gasteiger partial charge in [0.05, 0.1) is 18.0 Å². The normalized spacial score (nSPS) is 14.9. The molecule has 0 aliphatic heterocycles. The Hall–Kier alpha value is -1.64. The van der Waals surface area contributed by atoms with Crippen molar-refractivity contribution >= 4 is 11.4 Å². The summed E-state index contributed by atoms with van der Waals surface area (Å²) in [6.45, 7) is 3.54. The number of allylic oxidation sites excluding steroid dienone is 1. The second-order valence-corrected chi connectivity index (χ2v) is 4.94. The molecule has 0 saturated heterocycles. The van der Waals surface area contributed by atoms with Crippen molar-refractivity contribution in [1.29, 1.82) is 0 Å². The van der Waals surface area contributed by atoms with E-state index in [1.165, 1.54) is 25.7 Å². The highest BCUT2D eigenvalue weighted by Gasteiger charge is 2.06. The molecule has 0 radical (unpaired) electrons. The van der Waals surface area contributed by atoms with Crippen molar-refractivity contribution in [3.05, 3.63) is 29.8 Å². The Morgan fingerprint density at radius 2 is 2.21 bits per heavy atom. The lowest BCUT2D eigenvalue weighted by molar-refractivity contribution is 0.342. The van der Waals surface area contributed by atoms with Gasteiger partial charge in [0.2, 0.25) is 0 Å². The molecule has 1 aliphatic carbocycles. The highest BCUT2D eigenvalue weighted by molar-refractivity contribution is 5.72. The second-order valence-electron chi connectivity index (χ2n) is 4.94. The van der Waals surface area contributed by atoms with E-state index in [9.17, 15) is 0 Å². The maximum Gasteiger partial charge on any atom is 0.144 e. The van der Waals surface area contributed by atoms with Crippen LogP contribution in [-0.2, 0) is 0 Å². The van der Waals surface area contributed by atoms with Gasteiger partial charge in [-0.25, -0.2) is 0 Å². The number of benzene rings is 1. The minimum atomic E-state index is 0.639. The topological polar surface area (TPSA) is 47.3 Å². The van der Waals surface area contributed by atoms with Gasteiger partial charge in [-0.1, -0.05) is 17.7 Å². The van der Waals surface area contributed by atoms with Crippen molar-refractivity contribution in [2.24, 2.45) is 0 Å². The molecule has 0 saturated carbocycles. The molecule has 0 unspecified atom stereocenters. The number of hydrogen-bond donors (Lipinski definition) is 2. The number of nitrogen functional groups attached to an aromatic ring is 1. The van der Waals surface area contributed by atoms with Crippen molar-refractivity contribution in [2.75, 3.05) is 24.2 Å². The fraction of sp³-hybridized carbons (Fsp3) is 0.500. The van der Waals surface area contributed by atoms with Crippen LogP contribution in [0.5, 0.6) is 5.75 Å². The first-order valence-electron chi connectivity index (χ1n) is 7.24. The molecule has 1 aromatic carbocycles. The lowest BCUT2D eigenvalue weighted by Gasteiger charge is -2.15. The van der Waals surface area contributed by atoms with Gasteiger partial charge >= 0.3 is 0 Å². The number of nitrogens with one attached hydrogen (secondary N) is 1. The Kier molecular flexibility index (Phi) is 5.13. The predicted molar refractivity (Wildman–Crippen MR) is 81.7 cm³/mol. The molecule has 1 aliphatic rings. The summed E-state index contributed by atoms with van der Waals surface area (Å²) in [5.41, 5.74) is 9.35. The van der Waals surface area contributed by atoms with E-state index in [4.69, 9.17) is 10.5 Å². The molecule has 0 fully saturated rings. The van der Waals surface area contributed by atoms with Gasteiger partial charge in [-0.15, -0.1) is 0 Å². The van der Waals surface area contributed by atoms with Crippen molar-refractivity contribution in [3.8, 4) is 5.75 Å². The van der Waals surface area contributed by atoms with Crippen molar-refractivity contribution in [3.63, 3.8) is 0 Å². The quantitative estimate of drug-likeness (QED) is 0.601. The van der Waals surface area contributed by atoms with E-state index in [-0.39, 0.29) is 0 Å². The second kappa shape index (κ2) is 7.07. The first-order valence-corrected chi connectivity index (χ1v) is 7.24. The maximum atomic E-state index is 6.09. The average Bonchev–Trinajstić information content (AvgIpc) is 2.44. The molecule has 0 bridgehead atoms. The van der Waals surface area contributed by atoms with E-state index >= 15 is 0 Å². The fourth-order valence-electron chi connectivity index (χ4n) is 2.47. The summed E-state index contributed by atoms with van der Waals surface area (Å²) >= 11 is 0. The Balaban J connectivity index is 1.88. The van der Waals surface area contributed by atoms with Crippen LogP contribution in [0.15, 0.2) is 29.8 Å². The summed E-state index contributed by atoms with van der Waals surface area (Å²) < 4.78 is 5.50. The average molecular weight is 260 g/mol. The van der Waals surface area contributed by atoms with E-state index in [2.05, 4.69) is 11.4 Å². The predicted octanol–water partition coefficient (Wildman–Crippen LogP) is 3.97. The van der Waals surface area contributed by atoms with Gasteiger partial charge in [-0.3, -0.25) is 0 Å². The smallest absolute Gasteiger partial charge is 0.144 e. The van der Waals surface area contributed by atoms with Gasteiger partial charge in [0.25, 0.3) is 0 Å². The van der Waals surface area contributed by atoms with Crippen LogP contribution in [0.3, 0.4) is 0 Å². The Labute approximate surface area is 115 Å². The minimum absolute atomic E-state index is 0.639. The minimum Gasteiger partial charge on any atom is -0.492 e. The molecule has 1 aromatic rings. The highest BCUT2D eigenvalue weighted by atomic mass is 16.5. The van der Waals surface area contributed by atoms with Gasteiger partial charge in [0.15, 0.2) is 0 Å². The van der Waals surface area contributed by atoms with Crippen LogP contribution in [0.25, 0.3) is 0 Å². The first kappa shape index (κ1) is 13.8. The summed E-state index contributed by atoms with van der Waals surface area (Å²) in [6, 6.07) is 5.89. The molecule has 2 rings (SSSR count). The van der Waals surface area contributed by atoms with Gasteiger partial charge in [-0.05, 0) is 51.2 Å². The third-order valence-corrected chi connectivity index (χ3v) is 3.51. The van der Waals surface area contributed by atoms with Crippen molar-refractivity contribution in [1.82, 2.24) is 0 Å². The molecule has 3 N–H and O–H groups in total. The molecule has 0 atom stereocenters. The van der Waals surface area contributed by atoms with E-state index in [0.29, 0.717) is 12.3 Å². The van der Waals surface area contributed by atoms with Crippen LogP contribution in [0.4, 0.5) is 11.4 Å². The molecule has 0 amide bonds. The molecular weight excluding hydrogens is 236 g/mol. The zero-order valence-electron chi connectivity index (χ0n) is 11.7. The van der Waals surface area contributed by atoms with E-state index < -0.39 is 0 Å². The zero-order valence-corrected chi connectivity index (χ0v) is 11.7. The highest BCUT2D eigenvalue weighted by Crippen LogP contribution is 2.29. The largest absolute Gasteiger partial charge is 0.492 e. The third-order valence-electron chi connectivity index (χ3n) is 3.51. The molecule has 0 aromatic heterocycles. The lowest BCUT2D eigenvalue weighted by atomic mass is 9.97. The summed E-state index contributed by atoms with van der Waals surface area (Å²) in [7, 11) is 0. The maximum absolute atomic E-state index is 6.09. The van der Waals surface area contributed by atoms with E-state index in [0.717, 1.165) is 24.4 Å². The summed E-state index contributed by atoms with van der Waals surface area (Å²) in [5.74, 6) is 0.768. The Morgan fingerprint density at radius 3 is 2.95 bits per heavy atom. The molecule has 3 nitrogen and oxygen atoms in total. The summed E-state index contributed by atoms with van der Waals surface area (Å²) in [4.78, 5) is 0. The van der Waals surface area contributed by atoms with Gasteiger partial charge < -0.3 is 15.8 Å². The summed E-state index contributed by atoms with van der Waals surface area (Å²) in [5, 5.41) is 3.41. The number of para-hydroxylation sites is 1. The molecule has 19 heavy (non-hydrogen) atoms. The lowest BCUT2D eigenvalue weighted by Crippen LogP contribution is -2.07. The fourth-order valence-corrected chi connectivity index (χ4v) is 2.47. The van der Waals surface area contributed by atoms with Crippen molar-refractivity contribution in [2.45, 2.75) is 39.0 Å². The van der Waals surface area contributed by atoms with E-state index in [1.54, 1.807) is 5.57 Å². The monoisotopic (exact) mass is 260 g/mol. The third kappa shape index (κ3) is 3.91. The standard InChI is InChI=1S/C16H24N2O/c1-2-19-15-10-6-9-14(16(15)17)18-12-11-13-7-4-3-5-8-13/h6-7,9-10,18H,2-5,8,11-12,17H2,1H3. The van der Waals surface area contributed by atoms with Crippen LogP contribution in [0.2, 0.25) is 0 Å². The van der Waals surface area contributed by atoms with E-state index in [1.807, 2.05) is 25.1 Å². The van der Waals surface area contributed by atoms with Crippen LogP contribution >= 0.6 is 0 Å². The van der Waals surface area contributed by atoms with Crippen LogP contribution in [0, 0.1) is 0 Å². The van der Waals surface area contributed by atoms with Crippen LogP contribution < -0.4 is 15.8 Å². The number of hydrogen-bond acceptors (Lipinski definition) is 3. The molecule has 0 heterocycles. The Bertz CT molecular complexity index is 440. The van der Waals surface area contributed by atoms with Crippen molar-refractivity contribution < 1.29 is 4.74 Å². The van der Waals surface area contributed by atoms with Gasteiger partial charge in [0.1, 0.15) is 5.75 Å². The number of ether oxygens (including phenoxy) is 1. The van der Waals surface area contributed by atoms with Crippen LogP contribution in [-0.4, -0.2) is 13.2 Å². The molecule has 0 spiro atoms. The first-order chi connectivity index (χ1) is 9.31.